The smallest absolute Gasteiger partial charge is 0.229 e. The summed E-state index contributed by atoms with van der Waals surface area (Å²) < 4.78 is 10.9. The number of rotatable bonds is 3. The Morgan fingerprint density at radius 1 is 0.909 bits per heavy atom. The summed E-state index contributed by atoms with van der Waals surface area (Å²) in [5.74, 6) is 0.461. The second-order valence-electron chi connectivity index (χ2n) is 5.32. The summed E-state index contributed by atoms with van der Waals surface area (Å²) in [6.07, 6.45) is -6.40. The zero-order chi connectivity index (χ0) is 15.7. The first-order valence-corrected chi connectivity index (χ1v) is 7.06. The Labute approximate surface area is 127 Å². The van der Waals surface area contributed by atoms with E-state index in [1.807, 2.05) is 30.3 Å². The van der Waals surface area contributed by atoms with Crippen LogP contribution in [-0.4, -0.2) is 57.7 Å². The van der Waals surface area contributed by atoms with Gasteiger partial charge in [0, 0.05) is 0 Å². The highest BCUT2D eigenvalue weighted by Gasteiger charge is 2.44. The third kappa shape index (κ3) is 2.79. The normalized spacial score (nSPS) is 32.1. The molecule has 0 unspecified atom stereocenters. The van der Waals surface area contributed by atoms with Crippen molar-refractivity contribution in [2.24, 2.45) is 0 Å². The Balaban J connectivity index is 1.80. The Hall–Kier alpha value is -1.70. The van der Waals surface area contributed by atoms with Crippen molar-refractivity contribution in [3.05, 3.63) is 42.5 Å². The van der Waals surface area contributed by atoms with E-state index in [9.17, 15) is 15.3 Å². The van der Waals surface area contributed by atoms with Crippen LogP contribution in [0.4, 0.5) is 0 Å². The average molecular weight is 306 g/mol. The van der Waals surface area contributed by atoms with E-state index < -0.39 is 37.3 Å². The van der Waals surface area contributed by atoms with Crippen molar-refractivity contribution in [2.75, 3.05) is 6.61 Å². The fourth-order valence-corrected chi connectivity index (χ4v) is 2.54. The molecule has 2 aromatic carbocycles. The van der Waals surface area contributed by atoms with Gasteiger partial charge < -0.3 is 29.9 Å². The summed E-state index contributed by atoms with van der Waals surface area (Å²) in [5.41, 5.74) is 0. The van der Waals surface area contributed by atoms with E-state index in [4.69, 9.17) is 14.6 Å². The van der Waals surface area contributed by atoms with Crippen LogP contribution in [-0.2, 0) is 4.74 Å². The number of fused-ring (bicyclic) bond motifs is 1. The van der Waals surface area contributed by atoms with Crippen LogP contribution in [0.1, 0.15) is 0 Å². The molecule has 6 heteroatoms. The fraction of sp³-hybridized carbons (Fsp3) is 0.375. The molecule has 0 bridgehead atoms. The van der Waals surface area contributed by atoms with E-state index in [1.165, 1.54) is 0 Å². The first kappa shape index (κ1) is 15.2. The van der Waals surface area contributed by atoms with Gasteiger partial charge in [-0.3, -0.25) is 0 Å². The molecule has 4 N–H and O–H groups in total. The maximum absolute atomic E-state index is 9.95. The van der Waals surface area contributed by atoms with Crippen LogP contribution >= 0.6 is 0 Å². The van der Waals surface area contributed by atoms with Crippen LogP contribution in [0, 0.1) is 0 Å². The predicted octanol–water partition coefficient (Wildman–Crippen LogP) is 0.0185. The molecule has 0 amide bonds. The quantitative estimate of drug-likeness (QED) is 0.638. The van der Waals surface area contributed by atoms with Crippen LogP contribution in [0.15, 0.2) is 42.5 Å². The Bertz CT molecular complexity index is 643. The van der Waals surface area contributed by atoms with Crippen molar-refractivity contribution in [1.29, 1.82) is 0 Å². The topological polar surface area (TPSA) is 99.4 Å². The van der Waals surface area contributed by atoms with Gasteiger partial charge in [0.25, 0.3) is 0 Å². The lowest BCUT2D eigenvalue weighted by Gasteiger charge is -2.39. The molecule has 6 nitrogen and oxygen atoms in total. The lowest BCUT2D eigenvalue weighted by Crippen LogP contribution is -2.60. The molecule has 0 saturated carbocycles. The SMILES string of the molecule is OC[C@H]1O[C@H](Oc2ccc3ccccc3c2)[C@H](O)[C@@H](O)[C@H]1O. The molecule has 5 atom stereocenters. The highest BCUT2D eigenvalue weighted by atomic mass is 16.7. The van der Waals surface area contributed by atoms with Gasteiger partial charge in [-0.05, 0) is 22.9 Å². The second-order valence-corrected chi connectivity index (χ2v) is 5.32. The maximum Gasteiger partial charge on any atom is 0.229 e. The van der Waals surface area contributed by atoms with E-state index in [-0.39, 0.29) is 0 Å². The highest BCUT2D eigenvalue weighted by molar-refractivity contribution is 5.83. The van der Waals surface area contributed by atoms with Gasteiger partial charge in [-0.15, -0.1) is 0 Å². The first-order chi connectivity index (χ1) is 10.6. The fourth-order valence-electron chi connectivity index (χ4n) is 2.54. The van der Waals surface area contributed by atoms with Gasteiger partial charge in [0.15, 0.2) is 0 Å². The monoisotopic (exact) mass is 306 g/mol. The number of ether oxygens (including phenoxy) is 2. The largest absolute Gasteiger partial charge is 0.462 e. The summed E-state index contributed by atoms with van der Waals surface area (Å²) in [6.45, 7) is -0.484. The van der Waals surface area contributed by atoms with Crippen LogP contribution < -0.4 is 4.74 Å². The lowest BCUT2D eigenvalue weighted by atomic mass is 9.99. The minimum Gasteiger partial charge on any atom is -0.462 e. The third-order valence-electron chi connectivity index (χ3n) is 3.82. The minimum absolute atomic E-state index is 0.461. The van der Waals surface area contributed by atoms with Crippen molar-refractivity contribution < 1.29 is 29.9 Å². The summed E-state index contributed by atoms with van der Waals surface area (Å²) in [6, 6.07) is 13.1. The summed E-state index contributed by atoms with van der Waals surface area (Å²) in [5, 5.41) is 40.6. The molecule has 22 heavy (non-hydrogen) atoms. The molecule has 1 aliphatic heterocycles. The van der Waals surface area contributed by atoms with Crippen molar-refractivity contribution in [3.63, 3.8) is 0 Å². The van der Waals surface area contributed by atoms with E-state index in [0.717, 1.165) is 10.8 Å². The van der Waals surface area contributed by atoms with Gasteiger partial charge in [-0.1, -0.05) is 30.3 Å². The van der Waals surface area contributed by atoms with Gasteiger partial charge in [0.1, 0.15) is 30.2 Å². The molecule has 1 saturated heterocycles. The molecule has 2 aromatic rings. The molecule has 1 aliphatic rings. The van der Waals surface area contributed by atoms with Crippen molar-refractivity contribution in [2.45, 2.75) is 30.7 Å². The number of benzene rings is 2. The molecular formula is C16H18O6. The van der Waals surface area contributed by atoms with Crippen molar-refractivity contribution in [3.8, 4) is 5.75 Å². The van der Waals surface area contributed by atoms with Crippen molar-refractivity contribution in [1.82, 2.24) is 0 Å². The lowest BCUT2D eigenvalue weighted by molar-refractivity contribution is -0.277. The molecule has 0 radical (unpaired) electrons. The zero-order valence-corrected chi connectivity index (χ0v) is 11.7. The molecule has 1 heterocycles. The Morgan fingerprint density at radius 2 is 1.64 bits per heavy atom. The highest BCUT2D eigenvalue weighted by Crippen LogP contribution is 2.26. The van der Waals surface area contributed by atoms with Gasteiger partial charge in [-0.25, -0.2) is 0 Å². The van der Waals surface area contributed by atoms with Crippen LogP contribution in [0.3, 0.4) is 0 Å². The number of aliphatic hydroxyl groups is 4. The standard InChI is InChI=1S/C16H18O6/c17-8-12-13(18)14(19)15(20)16(22-12)21-11-6-5-9-3-1-2-4-10(9)7-11/h1-7,12-20H,8H2/t12-,13+,14+,15-,16+/m1/s1. The summed E-state index contributed by atoms with van der Waals surface area (Å²) in [7, 11) is 0. The molecule has 0 spiro atoms. The Morgan fingerprint density at radius 3 is 2.36 bits per heavy atom. The number of hydrogen-bond donors (Lipinski definition) is 4. The summed E-state index contributed by atoms with van der Waals surface area (Å²) in [4.78, 5) is 0. The Kier molecular flexibility index (Phi) is 4.28. The molecule has 3 rings (SSSR count). The van der Waals surface area contributed by atoms with Gasteiger partial charge >= 0.3 is 0 Å². The van der Waals surface area contributed by atoms with Gasteiger partial charge in [-0.2, -0.15) is 0 Å². The predicted molar refractivity (Wildman–Crippen MR) is 78.3 cm³/mol. The summed E-state index contributed by atoms with van der Waals surface area (Å²) >= 11 is 0. The van der Waals surface area contributed by atoms with E-state index in [2.05, 4.69) is 0 Å². The molecule has 0 aliphatic carbocycles. The first-order valence-electron chi connectivity index (χ1n) is 7.06. The van der Waals surface area contributed by atoms with Gasteiger partial charge in [0.05, 0.1) is 6.61 Å². The van der Waals surface area contributed by atoms with Crippen LogP contribution in [0.2, 0.25) is 0 Å². The van der Waals surface area contributed by atoms with Crippen LogP contribution in [0.5, 0.6) is 5.75 Å². The van der Waals surface area contributed by atoms with E-state index in [0.29, 0.717) is 5.75 Å². The maximum atomic E-state index is 9.95. The molecule has 0 aromatic heterocycles. The van der Waals surface area contributed by atoms with E-state index in [1.54, 1.807) is 12.1 Å². The molecule has 118 valence electrons. The van der Waals surface area contributed by atoms with Gasteiger partial charge in [0.2, 0.25) is 6.29 Å². The molecule has 1 fully saturated rings. The average Bonchev–Trinajstić information content (AvgIpc) is 2.55. The van der Waals surface area contributed by atoms with Crippen molar-refractivity contribution >= 4 is 10.8 Å². The zero-order valence-electron chi connectivity index (χ0n) is 11.7. The number of hydrogen-bond acceptors (Lipinski definition) is 6. The number of aliphatic hydroxyl groups excluding tert-OH is 4. The van der Waals surface area contributed by atoms with E-state index >= 15 is 0 Å². The van der Waals surface area contributed by atoms with Crippen LogP contribution in [0.25, 0.3) is 10.8 Å². The minimum atomic E-state index is -1.45. The second kappa shape index (κ2) is 6.20. The third-order valence-corrected chi connectivity index (χ3v) is 3.82. The molecular weight excluding hydrogens is 288 g/mol.